The summed E-state index contributed by atoms with van der Waals surface area (Å²) in [7, 11) is 0. The third-order valence-electron chi connectivity index (χ3n) is 1.81. The van der Waals surface area contributed by atoms with Crippen LogP contribution in [0.3, 0.4) is 0 Å². The van der Waals surface area contributed by atoms with Crippen molar-refractivity contribution in [1.29, 1.82) is 0 Å². The Morgan fingerprint density at radius 3 is 2.60 bits per heavy atom. The van der Waals surface area contributed by atoms with Gasteiger partial charge in [-0.15, -0.1) is 0 Å². The highest BCUT2D eigenvalue weighted by molar-refractivity contribution is 4.77. The second-order valence-corrected chi connectivity index (χ2v) is 2.71. The molecule has 0 aliphatic carbocycles. The second kappa shape index (κ2) is 3.30. The average Bonchev–Trinajstić information content (AvgIpc) is 1.88. The lowest BCUT2D eigenvalue weighted by Crippen LogP contribution is -2.51. The van der Waals surface area contributed by atoms with Gasteiger partial charge in [-0.3, -0.25) is 5.32 Å². The molecule has 3 atom stereocenters. The minimum Gasteiger partial charge on any atom is -0.379 e. The van der Waals surface area contributed by atoms with Gasteiger partial charge in [-0.1, -0.05) is 0 Å². The summed E-state index contributed by atoms with van der Waals surface area (Å²) in [6, 6.07) is -0.135. The Hall–Kier alpha value is -0.160. The van der Waals surface area contributed by atoms with Gasteiger partial charge in [0.15, 0.2) is 0 Å². The van der Waals surface area contributed by atoms with E-state index in [1.54, 1.807) is 0 Å². The van der Waals surface area contributed by atoms with Crippen molar-refractivity contribution in [3.8, 4) is 0 Å². The van der Waals surface area contributed by atoms with Crippen molar-refractivity contribution < 1.29 is 10.2 Å². The Balaban J connectivity index is 2.32. The van der Waals surface area contributed by atoms with Crippen molar-refractivity contribution in [3.05, 3.63) is 0 Å². The van der Waals surface area contributed by atoms with Crippen molar-refractivity contribution in [2.24, 2.45) is 5.73 Å². The van der Waals surface area contributed by atoms with E-state index in [0.29, 0.717) is 0 Å². The highest BCUT2D eigenvalue weighted by atomic mass is 16.3. The van der Waals surface area contributed by atoms with Crippen LogP contribution < -0.4 is 11.1 Å². The van der Waals surface area contributed by atoms with E-state index in [0.717, 1.165) is 19.3 Å². The molecule has 0 spiro atoms. The molecular weight excluding hydrogens is 132 g/mol. The molecule has 5 N–H and O–H groups in total. The van der Waals surface area contributed by atoms with Gasteiger partial charge in [-0.05, 0) is 19.3 Å². The lowest BCUT2D eigenvalue weighted by molar-refractivity contribution is 0.0357. The van der Waals surface area contributed by atoms with Crippen LogP contribution in [0.25, 0.3) is 0 Å². The molecule has 1 heterocycles. The first kappa shape index (κ1) is 7.94. The summed E-state index contributed by atoms with van der Waals surface area (Å²) in [5.74, 6) is 0. The van der Waals surface area contributed by atoms with Crippen molar-refractivity contribution in [2.75, 3.05) is 0 Å². The van der Waals surface area contributed by atoms with E-state index >= 15 is 0 Å². The maximum atomic E-state index is 9.05. The fourth-order valence-corrected chi connectivity index (χ4v) is 1.21. The topological polar surface area (TPSA) is 78.5 Å². The summed E-state index contributed by atoms with van der Waals surface area (Å²) in [4.78, 5) is 0. The molecule has 0 amide bonds. The normalized spacial score (nSPS) is 37.5. The molecular formula is C6H14N2O2. The van der Waals surface area contributed by atoms with Crippen molar-refractivity contribution >= 4 is 0 Å². The number of nitrogens with one attached hydrogen (secondary N) is 1. The van der Waals surface area contributed by atoms with E-state index in [1.807, 2.05) is 0 Å². The summed E-state index contributed by atoms with van der Waals surface area (Å²) < 4.78 is 0. The van der Waals surface area contributed by atoms with Crippen molar-refractivity contribution in [3.63, 3.8) is 0 Å². The molecule has 0 radical (unpaired) electrons. The molecule has 0 aromatic carbocycles. The summed E-state index contributed by atoms with van der Waals surface area (Å²) in [6.45, 7) is 0. The summed E-state index contributed by atoms with van der Waals surface area (Å²) >= 11 is 0. The fraction of sp³-hybridized carbons (Fsp3) is 1.00. The second-order valence-electron chi connectivity index (χ2n) is 2.71. The zero-order chi connectivity index (χ0) is 7.56. The van der Waals surface area contributed by atoms with Gasteiger partial charge in [0, 0.05) is 6.04 Å². The minimum atomic E-state index is -0.852. The van der Waals surface area contributed by atoms with E-state index in [4.69, 9.17) is 15.9 Å². The zero-order valence-corrected chi connectivity index (χ0v) is 5.83. The van der Waals surface area contributed by atoms with E-state index in [2.05, 4.69) is 5.32 Å². The Bertz CT molecular complexity index is 108. The van der Waals surface area contributed by atoms with Gasteiger partial charge < -0.3 is 15.9 Å². The van der Waals surface area contributed by atoms with Gasteiger partial charge in [0.05, 0.1) is 0 Å². The van der Waals surface area contributed by atoms with Crippen LogP contribution in [0.5, 0.6) is 0 Å². The molecule has 4 nitrogen and oxygen atoms in total. The molecule has 2 unspecified atom stereocenters. The highest BCUT2D eigenvalue weighted by Crippen LogP contribution is 2.11. The number of aliphatic hydroxyl groups is 2. The molecule has 10 heavy (non-hydrogen) atoms. The Morgan fingerprint density at radius 2 is 2.20 bits per heavy atom. The average molecular weight is 146 g/mol. The molecule has 1 aliphatic rings. The first-order chi connectivity index (χ1) is 4.70. The smallest absolute Gasteiger partial charge is 0.117 e. The standard InChI is InChI=1S/C6H14N2O2/c7-6(10)4-2-1-3-5(9)8-4/h4-6,8-10H,1-3,7H2/t4?,5-,6?/m0/s1. The summed E-state index contributed by atoms with van der Waals surface area (Å²) in [6.07, 6.45) is 1.18. The minimum absolute atomic E-state index is 0.135. The quantitative estimate of drug-likeness (QED) is 0.348. The number of piperidine rings is 1. The van der Waals surface area contributed by atoms with Crippen LogP contribution in [0.4, 0.5) is 0 Å². The van der Waals surface area contributed by atoms with Crippen LogP contribution in [-0.2, 0) is 0 Å². The van der Waals surface area contributed by atoms with E-state index in [9.17, 15) is 0 Å². The molecule has 0 saturated carbocycles. The van der Waals surface area contributed by atoms with Gasteiger partial charge >= 0.3 is 0 Å². The van der Waals surface area contributed by atoms with Crippen molar-refractivity contribution in [1.82, 2.24) is 5.32 Å². The molecule has 0 bridgehead atoms. The van der Waals surface area contributed by atoms with E-state index in [-0.39, 0.29) is 6.04 Å². The maximum absolute atomic E-state index is 9.05. The molecule has 60 valence electrons. The lowest BCUT2D eigenvalue weighted by Gasteiger charge is -2.29. The lowest BCUT2D eigenvalue weighted by atomic mass is 10.0. The number of aliphatic hydroxyl groups excluding tert-OH is 2. The highest BCUT2D eigenvalue weighted by Gasteiger charge is 2.22. The molecule has 1 rings (SSSR count). The first-order valence-electron chi connectivity index (χ1n) is 3.58. The SMILES string of the molecule is NC(O)C1CCC[C@H](O)N1. The van der Waals surface area contributed by atoms with Gasteiger partial charge in [0.1, 0.15) is 12.5 Å². The van der Waals surface area contributed by atoms with Crippen LogP contribution in [0.2, 0.25) is 0 Å². The zero-order valence-electron chi connectivity index (χ0n) is 5.83. The Kier molecular flexibility index (Phi) is 2.62. The fourth-order valence-electron chi connectivity index (χ4n) is 1.21. The number of nitrogens with two attached hydrogens (primary N) is 1. The molecule has 1 fully saturated rings. The van der Waals surface area contributed by atoms with Gasteiger partial charge in [0.25, 0.3) is 0 Å². The Labute approximate surface area is 60.0 Å². The predicted molar refractivity (Wildman–Crippen MR) is 37.0 cm³/mol. The molecule has 0 aromatic heterocycles. The van der Waals surface area contributed by atoms with Crippen LogP contribution in [0.15, 0.2) is 0 Å². The molecule has 1 saturated heterocycles. The molecule has 0 aromatic rings. The number of rotatable bonds is 1. The van der Waals surface area contributed by atoms with Gasteiger partial charge in [-0.2, -0.15) is 0 Å². The van der Waals surface area contributed by atoms with Crippen molar-refractivity contribution in [2.45, 2.75) is 37.8 Å². The summed E-state index contributed by atoms with van der Waals surface area (Å²) in [5.41, 5.74) is 5.21. The third-order valence-corrected chi connectivity index (χ3v) is 1.81. The molecule has 1 aliphatic heterocycles. The largest absolute Gasteiger partial charge is 0.379 e. The van der Waals surface area contributed by atoms with E-state index < -0.39 is 12.5 Å². The van der Waals surface area contributed by atoms with Gasteiger partial charge in [-0.25, -0.2) is 0 Å². The monoisotopic (exact) mass is 146 g/mol. The maximum Gasteiger partial charge on any atom is 0.117 e. The first-order valence-corrected chi connectivity index (χ1v) is 3.58. The van der Waals surface area contributed by atoms with Crippen LogP contribution in [0, 0.1) is 0 Å². The van der Waals surface area contributed by atoms with Crippen LogP contribution >= 0.6 is 0 Å². The molecule has 4 heteroatoms. The van der Waals surface area contributed by atoms with Gasteiger partial charge in [0.2, 0.25) is 0 Å². The predicted octanol–water partition coefficient (Wildman–Crippen LogP) is -1.28. The number of hydrogen-bond donors (Lipinski definition) is 4. The van der Waals surface area contributed by atoms with Crippen LogP contribution in [0.1, 0.15) is 19.3 Å². The number of hydrogen-bond acceptors (Lipinski definition) is 4. The van der Waals surface area contributed by atoms with Crippen LogP contribution in [-0.4, -0.2) is 28.7 Å². The Morgan fingerprint density at radius 1 is 1.50 bits per heavy atom. The summed E-state index contributed by atoms with van der Waals surface area (Å²) in [5, 5.41) is 20.7. The third kappa shape index (κ3) is 1.91. The van der Waals surface area contributed by atoms with E-state index in [1.165, 1.54) is 0 Å².